The lowest BCUT2D eigenvalue weighted by Crippen LogP contribution is -2.48. The van der Waals surface area contributed by atoms with Crippen LogP contribution in [0.15, 0.2) is 29.4 Å². The summed E-state index contributed by atoms with van der Waals surface area (Å²) in [5.41, 5.74) is 9.40. The average Bonchev–Trinajstić information content (AvgIpc) is 2.51. The van der Waals surface area contributed by atoms with Gasteiger partial charge in [0.2, 0.25) is 0 Å². The number of esters is 1. The van der Waals surface area contributed by atoms with Crippen LogP contribution in [0.25, 0.3) is 10.4 Å². The van der Waals surface area contributed by atoms with Gasteiger partial charge in [0.1, 0.15) is 5.54 Å². The van der Waals surface area contributed by atoms with E-state index in [0.717, 1.165) is 18.4 Å². The van der Waals surface area contributed by atoms with E-state index in [1.165, 1.54) is 12.7 Å². The molecule has 0 saturated heterocycles. The van der Waals surface area contributed by atoms with E-state index in [1.54, 1.807) is 6.92 Å². The van der Waals surface area contributed by atoms with Crippen LogP contribution in [-0.4, -0.2) is 26.2 Å². The largest absolute Gasteiger partial charge is 0.467 e. The van der Waals surface area contributed by atoms with E-state index in [2.05, 4.69) is 22.3 Å². The van der Waals surface area contributed by atoms with E-state index >= 15 is 0 Å². The smallest absolute Gasteiger partial charge is 0.330 e. The Labute approximate surface area is 125 Å². The summed E-state index contributed by atoms with van der Waals surface area (Å²) in [5, 5.41) is 6.57. The fourth-order valence-electron chi connectivity index (χ4n) is 2.19. The second-order valence-corrected chi connectivity index (χ2v) is 4.94. The number of hydrogen-bond donors (Lipinski definition) is 1. The average molecular weight is 290 g/mol. The Hall–Kier alpha value is -2.04. The predicted octanol–water partition coefficient (Wildman–Crippen LogP) is 2.93. The molecule has 0 radical (unpaired) electrons. The fourth-order valence-corrected chi connectivity index (χ4v) is 2.19. The standard InChI is InChI=1S/C15H22N4O2/c1-4-5-12-6-8-13(9-7-12)15(2,14(20)21-3)17-10-11-18-19-16/h6-9,17H,4-5,10-11H2,1-3H3. The van der Waals surface area contributed by atoms with E-state index in [-0.39, 0.29) is 12.5 Å². The van der Waals surface area contributed by atoms with Crippen LogP contribution < -0.4 is 5.32 Å². The van der Waals surface area contributed by atoms with E-state index in [1.807, 2.05) is 24.3 Å². The van der Waals surface area contributed by atoms with Crippen molar-refractivity contribution < 1.29 is 9.53 Å². The summed E-state index contributed by atoms with van der Waals surface area (Å²) in [6, 6.07) is 7.91. The van der Waals surface area contributed by atoms with Crippen LogP contribution >= 0.6 is 0 Å². The molecule has 1 aromatic carbocycles. The zero-order chi connectivity index (χ0) is 15.7. The summed E-state index contributed by atoms with van der Waals surface area (Å²) in [7, 11) is 1.36. The van der Waals surface area contributed by atoms with E-state index in [4.69, 9.17) is 10.3 Å². The Bertz CT molecular complexity index is 509. The Morgan fingerprint density at radius 2 is 2.10 bits per heavy atom. The second kappa shape index (κ2) is 8.29. The molecule has 1 N–H and O–H groups in total. The third-order valence-corrected chi connectivity index (χ3v) is 3.42. The molecule has 1 rings (SSSR count). The third kappa shape index (κ3) is 4.48. The lowest BCUT2D eigenvalue weighted by molar-refractivity contribution is -0.148. The maximum Gasteiger partial charge on any atom is 0.330 e. The number of benzene rings is 1. The summed E-state index contributed by atoms with van der Waals surface area (Å²) in [6.07, 6.45) is 2.09. The van der Waals surface area contributed by atoms with Crippen molar-refractivity contribution in [3.63, 3.8) is 0 Å². The first-order valence-electron chi connectivity index (χ1n) is 7.02. The lowest BCUT2D eigenvalue weighted by Gasteiger charge is -2.28. The summed E-state index contributed by atoms with van der Waals surface area (Å²) in [5.74, 6) is -0.369. The number of methoxy groups -OCH3 is 1. The summed E-state index contributed by atoms with van der Waals surface area (Å²) < 4.78 is 4.90. The van der Waals surface area contributed by atoms with Gasteiger partial charge in [-0.3, -0.25) is 5.32 Å². The van der Waals surface area contributed by atoms with E-state index < -0.39 is 5.54 Å². The van der Waals surface area contributed by atoms with Gasteiger partial charge >= 0.3 is 5.97 Å². The van der Waals surface area contributed by atoms with Crippen molar-refractivity contribution in [3.8, 4) is 0 Å². The molecule has 0 saturated carbocycles. The van der Waals surface area contributed by atoms with Crippen molar-refractivity contribution >= 4 is 5.97 Å². The first kappa shape index (κ1) is 17.0. The van der Waals surface area contributed by atoms with Crippen molar-refractivity contribution in [2.45, 2.75) is 32.2 Å². The SMILES string of the molecule is CCCc1ccc(C(C)(NCCN=[N+]=[N-])C(=O)OC)cc1. The van der Waals surface area contributed by atoms with Gasteiger partial charge in [-0.15, -0.1) is 0 Å². The molecule has 0 aliphatic heterocycles. The maximum atomic E-state index is 12.1. The molecule has 0 heterocycles. The second-order valence-electron chi connectivity index (χ2n) is 4.94. The third-order valence-electron chi connectivity index (χ3n) is 3.42. The highest BCUT2D eigenvalue weighted by molar-refractivity contribution is 5.82. The van der Waals surface area contributed by atoms with Crippen LogP contribution in [0.3, 0.4) is 0 Å². The van der Waals surface area contributed by atoms with E-state index in [0.29, 0.717) is 6.54 Å². The van der Waals surface area contributed by atoms with Crippen molar-refractivity contribution in [1.82, 2.24) is 5.32 Å². The molecule has 1 unspecified atom stereocenters. The van der Waals surface area contributed by atoms with Gasteiger partial charge < -0.3 is 4.74 Å². The van der Waals surface area contributed by atoms with E-state index in [9.17, 15) is 4.79 Å². The van der Waals surface area contributed by atoms with Gasteiger partial charge in [-0.1, -0.05) is 42.7 Å². The number of carbonyl (C=O) groups excluding carboxylic acids is 1. The minimum atomic E-state index is -0.954. The number of ether oxygens (including phenoxy) is 1. The van der Waals surface area contributed by atoms with Crippen molar-refractivity contribution in [2.24, 2.45) is 5.11 Å². The summed E-state index contributed by atoms with van der Waals surface area (Å²) in [4.78, 5) is 14.8. The van der Waals surface area contributed by atoms with Crippen LogP contribution in [0.4, 0.5) is 0 Å². The molecule has 1 atom stereocenters. The molecule has 0 aromatic heterocycles. The molecule has 0 aliphatic rings. The molecule has 0 amide bonds. The fraction of sp³-hybridized carbons (Fsp3) is 0.533. The van der Waals surface area contributed by atoms with Gasteiger partial charge in [0.15, 0.2) is 0 Å². The monoisotopic (exact) mass is 290 g/mol. The Morgan fingerprint density at radius 3 is 2.62 bits per heavy atom. The molecule has 0 aliphatic carbocycles. The number of nitrogens with one attached hydrogen (secondary N) is 1. The molecule has 0 bridgehead atoms. The van der Waals surface area contributed by atoms with Gasteiger partial charge in [0.25, 0.3) is 0 Å². The summed E-state index contributed by atoms with van der Waals surface area (Å²) in [6.45, 7) is 4.57. The summed E-state index contributed by atoms with van der Waals surface area (Å²) >= 11 is 0. The van der Waals surface area contributed by atoms with Gasteiger partial charge in [0.05, 0.1) is 7.11 Å². The van der Waals surface area contributed by atoms with Crippen LogP contribution in [0, 0.1) is 0 Å². The van der Waals surface area contributed by atoms with Crippen LogP contribution in [0.5, 0.6) is 0 Å². The number of azide groups is 1. The molecule has 1 aromatic rings. The van der Waals surface area contributed by atoms with Crippen LogP contribution in [0.1, 0.15) is 31.4 Å². The minimum absolute atomic E-state index is 0.275. The zero-order valence-electron chi connectivity index (χ0n) is 12.8. The minimum Gasteiger partial charge on any atom is -0.467 e. The predicted molar refractivity (Wildman–Crippen MR) is 81.8 cm³/mol. The Morgan fingerprint density at radius 1 is 1.43 bits per heavy atom. The number of rotatable bonds is 8. The number of nitrogens with zero attached hydrogens (tertiary/aromatic N) is 3. The van der Waals surface area contributed by atoms with Crippen molar-refractivity contribution in [1.29, 1.82) is 0 Å². The zero-order valence-corrected chi connectivity index (χ0v) is 12.8. The highest BCUT2D eigenvalue weighted by Crippen LogP contribution is 2.23. The molecule has 6 nitrogen and oxygen atoms in total. The Balaban J connectivity index is 2.94. The van der Waals surface area contributed by atoms with Gasteiger partial charge in [0, 0.05) is 18.0 Å². The highest BCUT2D eigenvalue weighted by Gasteiger charge is 2.35. The van der Waals surface area contributed by atoms with Crippen LogP contribution in [-0.2, 0) is 21.5 Å². The van der Waals surface area contributed by atoms with Gasteiger partial charge in [-0.2, -0.15) is 0 Å². The number of carbonyl (C=O) groups is 1. The first-order chi connectivity index (χ1) is 10.1. The maximum absolute atomic E-state index is 12.1. The lowest BCUT2D eigenvalue weighted by atomic mass is 9.90. The van der Waals surface area contributed by atoms with Crippen molar-refractivity contribution in [2.75, 3.05) is 20.2 Å². The highest BCUT2D eigenvalue weighted by atomic mass is 16.5. The molecule has 6 heteroatoms. The van der Waals surface area contributed by atoms with Crippen LogP contribution in [0.2, 0.25) is 0 Å². The molecule has 0 spiro atoms. The van der Waals surface area contributed by atoms with Crippen molar-refractivity contribution in [3.05, 3.63) is 45.8 Å². The van der Waals surface area contributed by atoms with Gasteiger partial charge in [-0.25, -0.2) is 4.79 Å². The molecular weight excluding hydrogens is 268 g/mol. The molecule has 21 heavy (non-hydrogen) atoms. The quantitative estimate of drug-likeness (QED) is 0.262. The normalized spacial score (nSPS) is 13.1. The number of hydrogen-bond acceptors (Lipinski definition) is 4. The topological polar surface area (TPSA) is 87.1 Å². The van der Waals surface area contributed by atoms with Gasteiger partial charge in [-0.05, 0) is 30.0 Å². The first-order valence-corrected chi connectivity index (χ1v) is 7.02. The number of aryl methyl sites for hydroxylation is 1. The molecule has 114 valence electrons. The Kier molecular flexibility index (Phi) is 6.72. The molecular formula is C15H22N4O2. The molecule has 0 fully saturated rings.